The summed E-state index contributed by atoms with van der Waals surface area (Å²) in [7, 11) is 0. The summed E-state index contributed by atoms with van der Waals surface area (Å²) in [5, 5.41) is 8.99. The van der Waals surface area contributed by atoms with Crippen LogP contribution in [0.25, 0.3) is 0 Å². The molecule has 94 valence electrons. The molecule has 1 aromatic heterocycles. The smallest absolute Gasteiger partial charge is 0.111 e. The van der Waals surface area contributed by atoms with Crippen LogP contribution in [0.4, 0.5) is 0 Å². The Morgan fingerprint density at radius 1 is 1.59 bits per heavy atom. The van der Waals surface area contributed by atoms with Gasteiger partial charge in [0, 0.05) is 24.9 Å². The first-order valence-electron chi connectivity index (χ1n) is 6.23. The molecule has 1 heterocycles. The number of nitrogens with two attached hydrogens (primary N) is 1. The van der Waals surface area contributed by atoms with Crippen molar-refractivity contribution in [1.82, 2.24) is 9.55 Å². The van der Waals surface area contributed by atoms with Gasteiger partial charge in [-0.1, -0.05) is 20.8 Å². The van der Waals surface area contributed by atoms with Crippen molar-refractivity contribution in [2.45, 2.75) is 58.0 Å². The van der Waals surface area contributed by atoms with E-state index in [1.807, 2.05) is 19.3 Å². The Bertz CT molecular complexity index is 388. The normalized spacial score (nSPS) is 14.6. The van der Waals surface area contributed by atoms with Gasteiger partial charge in [-0.15, -0.1) is 0 Å². The van der Waals surface area contributed by atoms with E-state index in [-0.39, 0.29) is 0 Å². The van der Waals surface area contributed by atoms with Gasteiger partial charge in [-0.2, -0.15) is 5.26 Å². The molecule has 17 heavy (non-hydrogen) atoms. The topological polar surface area (TPSA) is 67.6 Å². The molecule has 1 aromatic rings. The fourth-order valence-corrected chi connectivity index (χ4v) is 1.89. The molecular weight excluding hydrogens is 212 g/mol. The van der Waals surface area contributed by atoms with Crippen LogP contribution in [0.2, 0.25) is 0 Å². The van der Waals surface area contributed by atoms with Crippen LogP contribution in [-0.2, 0) is 6.54 Å². The Hall–Kier alpha value is -1.34. The Morgan fingerprint density at radius 3 is 2.82 bits per heavy atom. The van der Waals surface area contributed by atoms with E-state index in [4.69, 9.17) is 11.0 Å². The van der Waals surface area contributed by atoms with Crippen molar-refractivity contribution in [3.63, 3.8) is 0 Å². The van der Waals surface area contributed by atoms with Gasteiger partial charge < -0.3 is 10.3 Å². The van der Waals surface area contributed by atoms with Crippen molar-refractivity contribution in [2.75, 3.05) is 0 Å². The highest BCUT2D eigenvalue weighted by Gasteiger charge is 2.21. The zero-order chi connectivity index (χ0) is 12.9. The summed E-state index contributed by atoms with van der Waals surface area (Å²) in [5.74, 6) is 1.52. The van der Waals surface area contributed by atoms with Crippen LogP contribution in [0.5, 0.6) is 0 Å². The molecule has 2 N–H and O–H groups in total. The summed E-state index contributed by atoms with van der Waals surface area (Å²) in [6, 6.07) is 2.20. The first kappa shape index (κ1) is 13.7. The van der Waals surface area contributed by atoms with Crippen LogP contribution in [0.1, 0.15) is 51.8 Å². The van der Waals surface area contributed by atoms with Gasteiger partial charge in [0.05, 0.1) is 6.07 Å². The maximum Gasteiger partial charge on any atom is 0.111 e. The van der Waals surface area contributed by atoms with Gasteiger partial charge in [-0.3, -0.25) is 0 Å². The van der Waals surface area contributed by atoms with Crippen LogP contribution in [0.15, 0.2) is 12.4 Å². The molecule has 0 aliphatic carbocycles. The SMILES string of the molecule is CCC(N)(C#N)CCCn1ccnc1C(C)C. The Kier molecular flexibility index (Phi) is 4.71. The number of nitrogens with zero attached hydrogens (tertiary/aromatic N) is 3. The minimum Gasteiger partial charge on any atom is -0.335 e. The molecule has 0 saturated heterocycles. The number of rotatable bonds is 6. The zero-order valence-corrected chi connectivity index (χ0v) is 11.0. The average Bonchev–Trinajstić information content (AvgIpc) is 2.77. The second-order valence-electron chi connectivity index (χ2n) is 4.86. The third-order valence-corrected chi connectivity index (χ3v) is 3.14. The number of aromatic nitrogens is 2. The maximum atomic E-state index is 8.99. The molecule has 0 fully saturated rings. The Balaban J connectivity index is 2.52. The molecule has 0 amide bonds. The summed E-state index contributed by atoms with van der Waals surface area (Å²) in [6.45, 7) is 7.11. The van der Waals surface area contributed by atoms with Crippen molar-refractivity contribution < 1.29 is 0 Å². The van der Waals surface area contributed by atoms with Crippen LogP contribution in [-0.4, -0.2) is 15.1 Å². The van der Waals surface area contributed by atoms with Gasteiger partial charge in [0.1, 0.15) is 11.4 Å². The highest BCUT2D eigenvalue weighted by atomic mass is 15.1. The third kappa shape index (κ3) is 3.57. The van der Waals surface area contributed by atoms with E-state index in [1.54, 1.807) is 0 Å². The summed E-state index contributed by atoms with van der Waals surface area (Å²) >= 11 is 0. The van der Waals surface area contributed by atoms with Crippen molar-refractivity contribution in [3.8, 4) is 6.07 Å². The van der Waals surface area contributed by atoms with Gasteiger partial charge >= 0.3 is 0 Å². The van der Waals surface area contributed by atoms with E-state index >= 15 is 0 Å². The van der Waals surface area contributed by atoms with Gasteiger partial charge in [0.2, 0.25) is 0 Å². The van der Waals surface area contributed by atoms with Gasteiger partial charge in [-0.25, -0.2) is 4.98 Å². The van der Waals surface area contributed by atoms with Gasteiger partial charge in [-0.05, 0) is 19.3 Å². The molecule has 0 radical (unpaired) electrons. The molecule has 0 spiro atoms. The lowest BCUT2D eigenvalue weighted by Crippen LogP contribution is -2.37. The lowest BCUT2D eigenvalue weighted by Gasteiger charge is -2.19. The van der Waals surface area contributed by atoms with Crippen molar-refractivity contribution in [1.29, 1.82) is 5.26 Å². The summed E-state index contributed by atoms with van der Waals surface area (Å²) in [6.07, 6.45) is 6.16. The molecule has 0 aromatic carbocycles. The van der Waals surface area contributed by atoms with Gasteiger partial charge in [0.25, 0.3) is 0 Å². The fraction of sp³-hybridized carbons (Fsp3) is 0.692. The first-order chi connectivity index (χ1) is 8.02. The van der Waals surface area contributed by atoms with E-state index in [0.717, 1.165) is 25.2 Å². The van der Waals surface area contributed by atoms with Gasteiger partial charge in [0.15, 0.2) is 0 Å². The summed E-state index contributed by atoms with van der Waals surface area (Å²) in [4.78, 5) is 4.34. The van der Waals surface area contributed by atoms with E-state index < -0.39 is 5.54 Å². The number of nitriles is 1. The highest BCUT2D eigenvalue weighted by Crippen LogP contribution is 2.16. The predicted octanol–water partition coefficient (Wildman–Crippen LogP) is 2.42. The Morgan fingerprint density at radius 2 is 2.29 bits per heavy atom. The molecule has 4 heteroatoms. The minimum atomic E-state index is -0.668. The molecule has 0 bridgehead atoms. The maximum absolute atomic E-state index is 8.99. The summed E-state index contributed by atoms with van der Waals surface area (Å²) < 4.78 is 2.15. The molecular formula is C13H22N4. The second kappa shape index (κ2) is 5.83. The number of hydrogen-bond acceptors (Lipinski definition) is 3. The van der Waals surface area contributed by atoms with Crippen LogP contribution >= 0.6 is 0 Å². The van der Waals surface area contributed by atoms with Crippen LogP contribution in [0.3, 0.4) is 0 Å². The third-order valence-electron chi connectivity index (χ3n) is 3.14. The fourth-order valence-electron chi connectivity index (χ4n) is 1.89. The monoisotopic (exact) mass is 234 g/mol. The number of imidazole rings is 1. The molecule has 0 aliphatic rings. The molecule has 1 rings (SSSR count). The number of aryl methyl sites for hydroxylation is 1. The number of hydrogen-bond donors (Lipinski definition) is 1. The predicted molar refractivity (Wildman–Crippen MR) is 68.4 cm³/mol. The van der Waals surface area contributed by atoms with Crippen LogP contribution in [0, 0.1) is 11.3 Å². The van der Waals surface area contributed by atoms with E-state index in [9.17, 15) is 0 Å². The molecule has 0 aliphatic heterocycles. The quantitative estimate of drug-likeness (QED) is 0.822. The van der Waals surface area contributed by atoms with E-state index in [0.29, 0.717) is 12.3 Å². The molecule has 1 unspecified atom stereocenters. The molecule has 0 saturated carbocycles. The molecule has 4 nitrogen and oxygen atoms in total. The van der Waals surface area contributed by atoms with Crippen molar-refractivity contribution in [3.05, 3.63) is 18.2 Å². The van der Waals surface area contributed by atoms with E-state index in [1.165, 1.54) is 0 Å². The van der Waals surface area contributed by atoms with Crippen molar-refractivity contribution in [2.24, 2.45) is 5.73 Å². The van der Waals surface area contributed by atoms with Crippen LogP contribution < -0.4 is 5.73 Å². The molecule has 1 atom stereocenters. The van der Waals surface area contributed by atoms with Crippen molar-refractivity contribution >= 4 is 0 Å². The highest BCUT2D eigenvalue weighted by molar-refractivity contribution is 5.03. The lowest BCUT2D eigenvalue weighted by molar-refractivity contribution is 0.439. The minimum absolute atomic E-state index is 0.426. The zero-order valence-electron chi connectivity index (χ0n) is 11.0. The first-order valence-corrected chi connectivity index (χ1v) is 6.23. The second-order valence-corrected chi connectivity index (χ2v) is 4.86. The standard InChI is InChI=1S/C13H22N4/c1-4-13(15,10-14)6-5-8-17-9-7-16-12(17)11(2)3/h7,9,11H,4-6,8,15H2,1-3H3. The largest absolute Gasteiger partial charge is 0.335 e. The summed E-state index contributed by atoms with van der Waals surface area (Å²) in [5.41, 5.74) is 5.28. The van der Waals surface area contributed by atoms with E-state index in [2.05, 4.69) is 29.5 Å². The lowest BCUT2D eigenvalue weighted by atomic mass is 9.93. The Labute approximate surface area is 103 Å². The average molecular weight is 234 g/mol.